The predicted molar refractivity (Wildman–Crippen MR) is 117 cm³/mol. The minimum absolute atomic E-state index is 0.205. The van der Waals surface area contributed by atoms with Crippen molar-refractivity contribution < 1.29 is 18.0 Å². The Morgan fingerprint density at radius 1 is 0.970 bits per heavy atom. The number of imidazole rings is 1. The molecule has 7 nitrogen and oxygen atoms in total. The molecular formula is C23H15F3N6O. The zero-order valence-corrected chi connectivity index (χ0v) is 16.8. The van der Waals surface area contributed by atoms with Crippen LogP contribution in [0.3, 0.4) is 0 Å². The lowest BCUT2D eigenvalue weighted by atomic mass is 10.1. The first-order valence-corrected chi connectivity index (χ1v) is 9.81. The monoisotopic (exact) mass is 448 g/mol. The van der Waals surface area contributed by atoms with E-state index in [-0.39, 0.29) is 16.9 Å². The lowest BCUT2D eigenvalue weighted by Crippen LogP contribution is -2.12. The van der Waals surface area contributed by atoms with Gasteiger partial charge in [0.1, 0.15) is 11.4 Å². The summed E-state index contributed by atoms with van der Waals surface area (Å²) in [4.78, 5) is 24.5. The molecule has 164 valence electrons. The predicted octanol–water partition coefficient (Wildman–Crippen LogP) is 5.29. The zero-order chi connectivity index (χ0) is 23.0. The molecular weight excluding hydrogens is 433 g/mol. The van der Waals surface area contributed by atoms with Gasteiger partial charge in [-0.05, 0) is 30.3 Å². The van der Waals surface area contributed by atoms with E-state index in [0.29, 0.717) is 22.4 Å². The van der Waals surface area contributed by atoms with Crippen LogP contribution in [0.5, 0.6) is 0 Å². The summed E-state index contributed by atoms with van der Waals surface area (Å²) in [6.07, 6.45) is 1.79. The van der Waals surface area contributed by atoms with Crippen LogP contribution in [0, 0.1) is 0 Å². The first kappa shape index (κ1) is 20.4. The lowest BCUT2D eigenvalue weighted by molar-refractivity contribution is -0.140. The van der Waals surface area contributed by atoms with E-state index >= 15 is 0 Å². The van der Waals surface area contributed by atoms with Gasteiger partial charge in [-0.1, -0.05) is 24.3 Å². The molecule has 3 heterocycles. The Kier molecular flexibility index (Phi) is 4.89. The van der Waals surface area contributed by atoms with Gasteiger partial charge in [-0.2, -0.15) is 13.2 Å². The Bertz CT molecular complexity index is 1460. The maximum Gasteiger partial charge on any atom is 0.433 e. The van der Waals surface area contributed by atoms with E-state index in [1.54, 1.807) is 65.5 Å². The van der Waals surface area contributed by atoms with Crippen molar-refractivity contribution in [1.82, 2.24) is 19.4 Å². The van der Waals surface area contributed by atoms with Gasteiger partial charge in [0, 0.05) is 35.4 Å². The highest BCUT2D eigenvalue weighted by Crippen LogP contribution is 2.34. The van der Waals surface area contributed by atoms with E-state index in [9.17, 15) is 18.0 Å². The summed E-state index contributed by atoms with van der Waals surface area (Å²) in [6.45, 7) is 0. The van der Waals surface area contributed by atoms with Crippen molar-refractivity contribution in [2.75, 3.05) is 10.6 Å². The second-order valence-electron chi connectivity index (χ2n) is 7.20. The molecule has 3 aromatic heterocycles. The summed E-state index contributed by atoms with van der Waals surface area (Å²) in [6, 6.07) is 14.2. The summed E-state index contributed by atoms with van der Waals surface area (Å²) in [5, 5.41) is 6.31. The Morgan fingerprint density at radius 2 is 1.79 bits per heavy atom. The molecule has 5 rings (SSSR count). The van der Waals surface area contributed by atoms with Crippen molar-refractivity contribution >= 4 is 39.5 Å². The molecule has 0 spiro atoms. The van der Waals surface area contributed by atoms with Gasteiger partial charge in [0.05, 0.1) is 17.4 Å². The van der Waals surface area contributed by atoms with Crippen molar-refractivity contribution in [2.24, 2.45) is 0 Å². The zero-order valence-electron chi connectivity index (χ0n) is 16.8. The molecule has 0 saturated carbocycles. The van der Waals surface area contributed by atoms with Gasteiger partial charge in [0.2, 0.25) is 0 Å². The fourth-order valence-electron chi connectivity index (χ4n) is 3.40. The number of nitrogens with one attached hydrogen (secondary N) is 2. The number of hydrogen-bond donors (Lipinski definition) is 2. The number of carbonyl (C=O) groups excluding carboxylic acids is 1. The van der Waals surface area contributed by atoms with Gasteiger partial charge in [0.25, 0.3) is 5.91 Å². The quantitative estimate of drug-likeness (QED) is 0.390. The highest BCUT2D eigenvalue weighted by Gasteiger charge is 2.33. The lowest BCUT2D eigenvalue weighted by Gasteiger charge is -2.14. The van der Waals surface area contributed by atoms with Crippen molar-refractivity contribution in [3.05, 3.63) is 90.8 Å². The number of aromatic nitrogens is 4. The molecule has 2 aromatic carbocycles. The topological polar surface area (TPSA) is 84.2 Å². The van der Waals surface area contributed by atoms with Gasteiger partial charge in [-0.25, -0.2) is 9.97 Å². The Labute approximate surface area is 184 Å². The Balaban J connectivity index is 1.43. The Hall–Kier alpha value is -4.47. The molecule has 0 saturated heterocycles. The number of halogens is 3. The number of rotatable bonds is 4. The van der Waals surface area contributed by atoms with Gasteiger partial charge in [0.15, 0.2) is 5.65 Å². The van der Waals surface area contributed by atoms with E-state index < -0.39 is 17.8 Å². The largest absolute Gasteiger partial charge is 0.433 e. The van der Waals surface area contributed by atoms with Gasteiger partial charge >= 0.3 is 6.18 Å². The molecule has 0 aliphatic heterocycles. The van der Waals surface area contributed by atoms with Crippen molar-refractivity contribution in [3.8, 4) is 0 Å². The molecule has 2 N–H and O–H groups in total. The molecule has 5 aromatic rings. The van der Waals surface area contributed by atoms with Gasteiger partial charge in [-0.15, -0.1) is 0 Å². The summed E-state index contributed by atoms with van der Waals surface area (Å²) in [5.41, 5.74) is 1.17. The Morgan fingerprint density at radius 3 is 2.61 bits per heavy atom. The van der Waals surface area contributed by atoms with E-state index in [4.69, 9.17) is 0 Å². The molecule has 0 aliphatic rings. The third kappa shape index (κ3) is 4.18. The normalized spacial score (nSPS) is 11.6. The highest BCUT2D eigenvalue weighted by atomic mass is 19.4. The number of nitrogens with zero attached hydrogens (tertiary/aromatic N) is 4. The number of benzene rings is 2. The maximum absolute atomic E-state index is 13.3. The first-order valence-electron chi connectivity index (χ1n) is 9.81. The smallest absolute Gasteiger partial charge is 0.355 e. The van der Waals surface area contributed by atoms with Gasteiger partial charge < -0.3 is 15.0 Å². The average Bonchev–Trinajstić information content (AvgIpc) is 3.23. The van der Waals surface area contributed by atoms with Crippen LogP contribution in [-0.2, 0) is 6.18 Å². The van der Waals surface area contributed by atoms with E-state index in [1.807, 2.05) is 0 Å². The summed E-state index contributed by atoms with van der Waals surface area (Å²) in [5.74, 6) is -0.426. The molecule has 0 atom stereocenters. The molecule has 0 unspecified atom stereocenters. The molecule has 10 heteroatoms. The minimum atomic E-state index is -4.58. The second kappa shape index (κ2) is 7.90. The minimum Gasteiger partial charge on any atom is -0.355 e. The summed E-state index contributed by atoms with van der Waals surface area (Å²) < 4.78 is 41.7. The van der Waals surface area contributed by atoms with Crippen LogP contribution in [-0.4, -0.2) is 25.3 Å². The van der Waals surface area contributed by atoms with E-state index in [0.717, 1.165) is 6.07 Å². The molecule has 33 heavy (non-hydrogen) atoms. The van der Waals surface area contributed by atoms with E-state index in [2.05, 4.69) is 25.6 Å². The number of carbonyl (C=O) groups is 1. The van der Waals surface area contributed by atoms with Crippen LogP contribution >= 0.6 is 0 Å². The number of pyridine rings is 1. The van der Waals surface area contributed by atoms with Crippen LogP contribution in [0.25, 0.3) is 16.6 Å². The molecule has 0 radical (unpaired) electrons. The number of amides is 1. The van der Waals surface area contributed by atoms with Crippen LogP contribution in [0.2, 0.25) is 0 Å². The van der Waals surface area contributed by atoms with E-state index in [1.165, 1.54) is 12.3 Å². The summed E-state index contributed by atoms with van der Waals surface area (Å²) >= 11 is 0. The summed E-state index contributed by atoms with van der Waals surface area (Å²) in [7, 11) is 0. The van der Waals surface area contributed by atoms with Crippen LogP contribution < -0.4 is 10.6 Å². The third-order valence-corrected chi connectivity index (χ3v) is 4.90. The number of hydrogen-bond acceptors (Lipinski definition) is 5. The first-order chi connectivity index (χ1) is 15.9. The number of anilines is 3. The SMILES string of the molecule is O=C(Nc1cccc(Nc2cc(C(F)(F)F)nc3ccccc23)c1)c1cn2ccncc2n1. The fourth-order valence-corrected chi connectivity index (χ4v) is 3.40. The molecule has 0 aliphatic carbocycles. The molecule has 1 amide bonds. The standard InChI is InChI=1S/C23H15F3N6O/c24-23(25,26)20-11-18(16-6-1-2-7-17(16)30-20)28-14-4-3-5-15(10-14)29-22(33)19-13-32-9-8-27-12-21(32)31-19/h1-13H,(H,28,30)(H,29,33). The van der Waals surface area contributed by atoms with Crippen molar-refractivity contribution in [2.45, 2.75) is 6.18 Å². The number of fused-ring (bicyclic) bond motifs is 2. The third-order valence-electron chi connectivity index (χ3n) is 4.90. The number of alkyl halides is 3. The highest BCUT2D eigenvalue weighted by molar-refractivity contribution is 6.03. The fraction of sp³-hybridized carbons (Fsp3) is 0.0435. The average molecular weight is 448 g/mol. The second-order valence-corrected chi connectivity index (χ2v) is 7.20. The van der Waals surface area contributed by atoms with Crippen LogP contribution in [0.15, 0.2) is 79.4 Å². The molecule has 0 bridgehead atoms. The van der Waals surface area contributed by atoms with Crippen LogP contribution in [0.1, 0.15) is 16.2 Å². The van der Waals surface area contributed by atoms with Crippen LogP contribution in [0.4, 0.5) is 30.2 Å². The molecule has 0 fully saturated rings. The van der Waals surface area contributed by atoms with Gasteiger partial charge in [-0.3, -0.25) is 9.78 Å². The van der Waals surface area contributed by atoms with Crippen molar-refractivity contribution in [1.29, 1.82) is 0 Å². The number of para-hydroxylation sites is 1. The maximum atomic E-state index is 13.3. The van der Waals surface area contributed by atoms with Crippen molar-refractivity contribution in [3.63, 3.8) is 0 Å².